The third-order valence-corrected chi connectivity index (χ3v) is 4.81. The maximum atomic E-state index is 12.3. The fourth-order valence-corrected chi connectivity index (χ4v) is 3.37. The minimum absolute atomic E-state index is 0.0885. The van der Waals surface area contributed by atoms with Gasteiger partial charge in [-0.1, -0.05) is 0 Å². The number of aromatic carboxylic acids is 1. The van der Waals surface area contributed by atoms with Gasteiger partial charge in [0.15, 0.2) is 0 Å². The Morgan fingerprint density at radius 1 is 1.29 bits per heavy atom. The van der Waals surface area contributed by atoms with Crippen molar-refractivity contribution < 1.29 is 9.90 Å². The summed E-state index contributed by atoms with van der Waals surface area (Å²) in [4.78, 5) is 26.1. The fraction of sp³-hybridized carbons (Fsp3) is 0.625. The summed E-state index contributed by atoms with van der Waals surface area (Å²) >= 11 is 0. The predicted octanol–water partition coefficient (Wildman–Crippen LogP) is 1.73. The van der Waals surface area contributed by atoms with Crippen molar-refractivity contribution in [2.24, 2.45) is 5.41 Å². The Kier molecular flexibility index (Phi) is 3.61. The molecule has 5 heteroatoms. The highest BCUT2D eigenvalue weighted by atomic mass is 16.4. The van der Waals surface area contributed by atoms with Crippen LogP contribution in [0.3, 0.4) is 0 Å². The summed E-state index contributed by atoms with van der Waals surface area (Å²) in [5.74, 6) is -1.13. The number of rotatable bonds is 5. The Bertz CT molecular complexity index is 610. The first kappa shape index (κ1) is 14.3. The van der Waals surface area contributed by atoms with Crippen LogP contribution in [0.1, 0.15) is 41.6 Å². The average molecular weight is 290 g/mol. The third-order valence-electron chi connectivity index (χ3n) is 4.81. The minimum Gasteiger partial charge on any atom is -0.477 e. The van der Waals surface area contributed by atoms with Gasteiger partial charge in [0.1, 0.15) is 5.56 Å². The summed E-state index contributed by atoms with van der Waals surface area (Å²) in [5, 5.41) is 9.19. The van der Waals surface area contributed by atoms with Gasteiger partial charge in [0.25, 0.3) is 5.56 Å². The molecule has 1 saturated carbocycles. The smallest absolute Gasteiger partial charge is 0.341 e. The second-order valence-corrected chi connectivity index (χ2v) is 6.60. The molecule has 114 valence electrons. The molecule has 1 aromatic heterocycles. The van der Waals surface area contributed by atoms with Gasteiger partial charge in [-0.15, -0.1) is 0 Å². The molecule has 0 unspecified atom stereocenters. The molecule has 21 heavy (non-hydrogen) atoms. The summed E-state index contributed by atoms with van der Waals surface area (Å²) in [7, 11) is 0. The Morgan fingerprint density at radius 3 is 2.52 bits per heavy atom. The molecule has 1 aromatic rings. The second-order valence-electron chi connectivity index (χ2n) is 6.60. The molecule has 0 amide bonds. The Morgan fingerprint density at radius 2 is 1.95 bits per heavy atom. The van der Waals surface area contributed by atoms with Gasteiger partial charge in [-0.05, 0) is 57.3 Å². The lowest BCUT2D eigenvalue weighted by molar-refractivity contribution is 0.0693. The molecule has 2 fully saturated rings. The van der Waals surface area contributed by atoms with Crippen LogP contribution in [0.4, 0.5) is 0 Å². The molecule has 0 atom stereocenters. The Labute approximate surface area is 124 Å². The van der Waals surface area contributed by atoms with Gasteiger partial charge in [0.2, 0.25) is 0 Å². The van der Waals surface area contributed by atoms with Crippen molar-refractivity contribution in [3.05, 3.63) is 33.7 Å². The third kappa shape index (κ3) is 2.88. The molecule has 3 rings (SSSR count). The SMILES string of the molecule is Cc1ccn(CC2(CN3CCCC3)CC2)c(=O)c1C(=O)O. The quantitative estimate of drug-likeness (QED) is 0.897. The summed E-state index contributed by atoms with van der Waals surface area (Å²) in [6, 6.07) is 1.73. The zero-order valence-corrected chi connectivity index (χ0v) is 12.5. The number of carboxylic acids is 1. The van der Waals surface area contributed by atoms with Crippen LogP contribution in [0.5, 0.6) is 0 Å². The van der Waals surface area contributed by atoms with Crippen LogP contribution in [0.2, 0.25) is 0 Å². The van der Waals surface area contributed by atoms with E-state index in [2.05, 4.69) is 4.90 Å². The van der Waals surface area contributed by atoms with Crippen LogP contribution >= 0.6 is 0 Å². The number of carbonyl (C=O) groups is 1. The van der Waals surface area contributed by atoms with Crippen LogP contribution in [0.15, 0.2) is 17.1 Å². The number of likely N-dealkylation sites (tertiary alicyclic amines) is 1. The van der Waals surface area contributed by atoms with Crippen molar-refractivity contribution in [2.45, 2.75) is 39.2 Å². The summed E-state index contributed by atoms with van der Waals surface area (Å²) in [6.07, 6.45) is 6.54. The molecule has 1 N–H and O–H groups in total. The number of hydrogen-bond donors (Lipinski definition) is 1. The van der Waals surface area contributed by atoms with E-state index in [1.807, 2.05) is 0 Å². The van der Waals surface area contributed by atoms with E-state index in [0.717, 1.165) is 32.5 Å². The standard InChI is InChI=1S/C16H22N2O3/c1-12-4-9-18(14(19)13(12)15(20)21)11-16(5-6-16)10-17-7-2-3-8-17/h4,9H,2-3,5-8,10-11H2,1H3,(H,20,21). The molecule has 1 saturated heterocycles. The number of hydrogen-bond acceptors (Lipinski definition) is 3. The number of pyridine rings is 1. The Hall–Kier alpha value is -1.62. The van der Waals surface area contributed by atoms with Gasteiger partial charge in [-0.2, -0.15) is 0 Å². The van der Waals surface area contributed by atoms with Crippen molar-refractivity contribution >= 4 is 5.97 Å². The fourth-order valence-electron chi connectivity index (χ4n) is 3.37. The van der Waals surface area contributed by atoms with Gasteiger partial charge in [0.05, 0.1) is 0 Å². The minimum atomic E-state index is -1.13. The van der Waals surface area contributed by atoms with Crippen molar-refractivity contribution in [3.8, 4) is 0 Å². The van der Waals surface area contributed by atoms with Gasteiger partial charge in [-0.3, -0.25) is 4.79 Å². The lowest BCUT2D eigenvalue weighted by Gasteiger charge is -2.24. The van der Waals surface area contributed by atoms with E-state index in [4.69, 9.17) is 0 Å². The maximum Gasteiger partial charge on any atom is 0.341 e. The van der Waals surface area contributed by atoms with E-state index in [9.17, 15) is 14.7 Å². The molecule has 0 radical (unpaired) electrons. The van der Waals surface area contributed by atoms with E-state index in [0.29, 0.717) is 12.1 Å². The second kappa shape index (κ2) is 5.30. The summed E-state index contributed by atoms with van der Waals surface area (Å²) < 4.78 is 1.60. The first-order valence-corrected chi connectivity index (χ1v) is 7.66. The van der Waals surface area contributed by atoms with Crippen molar-refractivity contribution in [1.29, 1.82) is 0 Å². The largest absolute Gasteiger partial charge is 0.477 e. The highest BCUT2D eigenvalue weighted by molar-refractivity contribution is 5.88. The molecule has 0 spiro atoms. The average Bonchev–Trinajstić information content (AvgIpc) is 2.96. The number of carboxylic acid groups (broad SMARTS) is 1. The van der Waals surface area contributed by atoms with E-state index < -0.39 is 5.97 Å². The molecule has 1 aliphatic heterocycles. The van der Waals surface area contributed by atoms with Gasteiger partial charge < -0.3 is 14.6 Å². The topological polar surface area (TPSA) is 62.5 Å². The van der Waals surface area contributed by atoms with Gasteiger partial charge in [0, 0.05) is 24.7 Å². The van der Waals surface area contributed by atoms with E-state index in [-0.39, 0.29) is 16.5 Å². The highest BCUT2D eigenvalue weighted by Crippen LogP contribution is 2.47. The molecule has 2 heterocycles. The normalized spacial score (nSPS) is 20.6. The number of aromatic nitrogens is 1. The van der Waals surface area contributed by atoms with Gasteiger partial charge >= 0.3 is 5.97 Å². The summed E-state index contributed by atoms with van der Waals surface area (Å²) in [6.45, 7) is 5.67. The van der Waals surface area contributed by atoms with Crippen LogP contribution in [0, 0.1) is 12.3 Å². The first-order valence-electron chi connectivity index (χ1n) is 7.66. The van der Waals surface area contributed by atoms with Crippen molar-refractivity contribution in [2.75, 3.05) is 19.6 Å². The lowest BCUT2D eigenvalue weighted by Crippen LogP contribution is -2.35. The molecule has 0 bridgehead atoms. The van der Waals surface area contributed by atoms with Crippen LogP contribution < -0.4 is 5.56 Å². The first-order chi connectivity index (χ1) is 10.0. The van der Waals surface area contributed by atoms with E-state index in [1.165, 1.54) is 12.8 Å². The van der Waals surface area contributed by atoms with Crippen LogP contribution in [-0.2, 0) is 6.54 Å². The van der Waals surface area contributed by atoms with E-state index >= 15 is 0 Å². The lowest BCUT2D eigenvalue weighted by atomic mass is 10.1. The zero-order chi connectivity index (χ0) is 15.0. The molecule has 5 nitrogen and oxygen atoms in total. The zero-order valence-electron chi connectivity index (χ0n) is 12.5. The van der Waals surface area contributed by atoms with Crippen molar-refractivity contribution in [3.63, 3.8) is 0 Å². The van der Waals surface area contributed by atoms with Crippen molar-refractivity contribution in [1.82, 2.24) is 9.47 Å². The van der Waals surface area contributed by atoms with E-state index in [1.54, 1.807) is 23.8 Å². The maximum absolute atomic E-state index is 12.3. The predicted molar refractivity (Wildman–Crippen MR) is 79.7 cm³/mol. The molecule has 1 aliphatic carbocycles. The molecular weight excluding hydrogens is 268 g/mol. The van der Waals surface area contributed by atoms with Crippen LogP contribution in [0.25, 0.3) is 0 Å². The number of nitrogens with zero attached hydrogens (tertiary/aromatic N) is 2. The van der Waals surface area contributed by atoms with Crippen LogP contribution in [-0.4, -0.2) is 40.2 Å². The molecule has 2 aliphatic rings. The van der Waals surface area contributed by atoms with Gasteiger partial charge in [-0.25, -0.2) is 4.79 Å². The highest BCUT2D eigenvalue weighted by Gasteiger charge is 2.44. The molecule has 0 aromatic carbocycles. The molecular formula is C16H22N2O3. The monoisotopic (exact) mass is 290 g/mol. The number of aryl methyl sites for hydroxylation is 1. The summed E-state index contributed by atoms with van der Waals surface area (Å²) in [5.41, 5.74) is 0.261. The Balaban J connectivity index is 1.80.